The normalized spacial score (nSPS) is 5.93. The van der Waals surface area contributed by atoms with Crippen molar-refractivity contribution in [3.05, 3.63) is 75.9 Å². The maximum atomic E-state index is 10.7. The third-order valence-electron chi connectivity index (χ3n) is 1.01. The highest BCUT2D eigenvalue weighted by atomic mass is 16.3. The smallest absolute Gasteiger partial charge is 0.220 e. The number of hydrogen-bond acceptors (Lipinski definition) is 2. The van der Waals surface area contributed by atoms with Crippen molar-refractivity contribution in [1.29, 1.82) is 0 Å². The second kappa shape index (κ2) is 88.6. The third-order valence-corrected chi connectivity index (χ3v) is 1.01. The predicted molar refractivity (Wildman–Crippen MR) is 130 cm³/mol. The SMILES string of the molecule is C=CC.C=CC.C=CC.C=CC.C=CC.C=CCCC(=O)NCCO.CC. The highest BCUT2D eigenvalue weighted by Gasteiger charge is 1.95. The number of hydrogen-bond donors (Lipinski definition) is 2. The van der Waals surface area contributed by atoms with Crippen molar-refractivity contribution in [1.82, 2.24) is 5.32 Å². The summed E-state index contributed by atoms with van der Waals surface area (Å²) in [4.78, 5) is 10.7. The maximum absolute atomic E-state index is 10.7. The van der Waals surface area contributed by atoms with Crippen LogP contribution in [0.25, 0.3) is 0 Å². The van der Waals surface area contributed by atoms with Crippen molar-refractivity contribution in [2.24, 2.45) is 0 Å². The van der Waals surface area contributed by atoms with Gasteiger partial charge < -0.3 is 10.4 Å². The molecular weight excluding hydrogens is 334 g/mol. The van der Waals surface area contributed by atoms with Gasteiger partial charge in [-0.05, 0) is 41.0 Å². The minimum Gasteiger partial charge on any atom is -0.395 e. The molecule has 0 aliphatic rings. The Morgan fingerprint density at radius 2 is 1.04 bits per heavy atom. The van der Waals surface area contributed by atoms with Gasteiger partial charge in [0.1, 0.15) is 0 Å². The molecule has 0 aromatic heterocycles. The molecule has 0 spiro atoms. The van der Waals surface area contributed by atoms with Crippen LogP contribution < -0.4 is 5.32 Å². The maximum Gasteiger partial charge on any atom is 0.220 e. The van der Waals surface area contributed by atoms with Crippen molar-refractivity contribution in [2.75, 3.05) is 13.2 Å². The Bertz CT molecular complexity index is 247. The van der Waals surface area contributed by atoms with Crippen LogP contribution in [0.4, 0.5) is 0 Å². The van der Waals surface area contributed by atoms with Gasteiger partial charge in [0.05, 0.1) is 6.61 Å². The molecule has 0 aliphatic heterocycles. The Labute approximate surface area is 172 Å². The van der Waals surface area contributed by atoms with Crippen LogP contribution in [0, 0.1) is 0 Å². The summed E-state index contributed by atoms with van der Waals surface area (Å²) < 4.78 is 0. The molecule has 0 aromatic rings. The zero-order valence-corrected chi connectivity index (χ0v) is 19.4. The molecule has 0 saturated heterocycles. The Kier molecular flexibility index (Phi) is 146. The summed E-state index contributed by atoms with van der Waals surface area (Å²) in [6.07, 6.45) is 11.6. The van der Waals surface area contributed by atoms with Gasteiger partial charge in [0.2, 0.25) is 5.91 Å². The lowest BCUT2D eigenvalue weighted by Gasteiger charge is -1.99. The molecule has 2 N–H and O–H groups in total. The standard InChI is InChI=1S/C7H13NO2.5C3H6.C2H6/c1-2-3-4-7(10)8-5-6-9;5*1-3-2;1-2/h2,9H,1,3-6H2,(H,8,10);5*3H,1H2,2H3;1-2H3. The quantitative estimate of drug-likeness (QED) is 0.500. The topological polar surface area (TPSA) is 49.3 Å². The van der Waals surface area contributed by atoms with E-state index in [0.717, 1.165) is 0 Å². The van der Waals surface area contributed by atoms with Crippen LogP contribution in [0.2, 0.25) is 0 Å². The average Bonchev–Trinajstić information content (AvgIpc) is 2.63. The number of nitrogens with one attached hydrogen (secondary N) is 1. The zero-order valence-electron chi connectivity index (χ0n) is 19.4. The highest BCUT2D eigenvalue weighted by molar-refractivity contribution is 5.75. The number of rotatable bonds is 5. The van der Waals surface area contributed by atoms with Crippen LogP contribution in [-0.4, -0.2) is 24.2 Å². The van der Waals surface area contributed by atoms with E-state index in [9.17, 15) is 4.79 Å². The fourth-order valence-electron chi connectivity index (χ4n) is 0.517. The minimum atomic E-state index is -0.0334. The van der Waals surface area contributed by atoms with E-state index in [4.69, 9.17) is 5.11 Å². The fraction of sp³-hybridized carbons (Fsp3) is 0.458. The van der Waals surface area contributed by atoms with Gasteiger partial charge in [0, 0.05) is 13.0 Å². The second-order valence-corrected chi connectivity index (χ2v) is 3.94. The van der Waals surface area contributed by atoms with E-state index >= 15 is 0 Å². The number of carbonyl (C=O) groups excluding carboxylic acids is 1. The Morgan fingerprint density at radius 3 is 1.22 bits per heavy atom. The lowest BCUT2D eigenvalue weighted by Crippen LogP contribution is -2.25. The van der Waals surface area contributed by atoms with Gasteiger partial charge in [-0.1, -0.05) is 50.3 Å². The molecular formula is C24H49NO2. The van der Waals surface area contributed by atoms with Crippen LogP contribution in [-0.2, 0) is 4.79 Å². The summed E-state index contributed by atoms with van der Waals surface area (Å²) in [6.45, 7) is 34.1. The fourth-order valence-corrected chi connectivity index (χ4v) is 0.517. The van der Waals surface area contributed by atoms with Crippen LogP contribution in [0.15, 0.2) is 75.9 Å². The van der Waals surface area contributed by atoms with Crippen LogP contribution >= 0.6 is 0 Å². The first-order chi connectivity index (χ1) is 12.9. The van der Waals surface area contributed by atoms with Gasteiger partial charge >= 0.3 is 0 Å². The van der Waals surface area contributed by atoms with E-state index in [0.29, 0.717) is 19.4 Å². The summed E-state index contributed by atoms with van der Waals surface area (Å²) in [5.74, 6) is -0.0334. The van der Waals surface area contributed by atoms with E-state index < -0.39 is 0 Å². The van der Waals surface area contributed by atoms with E-state index in [1.54, 1.807) is 36.5 Å². The number of allylic oxidation sites excluding steroid dienone is 6. The Hall–Kier alpha value is -2.13. The Morgan fingerprint density at radius 1 is 0.778 bits per heavy atom. The minimum absolute atomic E-state index is 0.000169. The summed E-state index contributed by atoms with van der Waals surface area (Å²) in [6, 6.07) is 0. The molecule has 3 heteroatoms. The second-order valence-electron chi connectivity index (χ2n) is 3.94. The first-order valence-electron chi connectivity index (χ1n) is 9.22. The van der Waals surface area contributed by atoms with Crippen LogP contribution in [0.5, 0.6) is 0 Å². The molecule has 0 fully saturated rings. The lowest BCUT2D eigenvalue weighted by molar-refractivity contribution is -0.121. The molecule has 0 aliphatic carbocycles. The van der Waals surface area contributed by atoms with E-state index in [2.05, 4.69) is 44.8 Å². The molecule has 0 bridgehead atoms. The summed E-state index contributed by atoms with van der Waals surface area (Å²) in [7, 11) is 0. The molecule has 1 amide bonds. The van der Waals surface area contributed by atoms with Crippen molar-refractivity contribution >= 4 is 5.91 Å². The monoisotopic (exact) mass is 383 g/mol. The molecule has 3 nitrogen and oxygen atoms in total. The number of amides is 1. The molecule has 162 valence electrons. The van der Waals surface area contributed by atoms with E-state index in [-0.39, 0.29) is 12.5 Å². The molecule has 0 unspecified atom stereocenters. The molecule has 0 aromatic carbocycles. The van der Waals surface area contributed by atoms with Crippen molar-refractivity contribution in [3.63, 3.8) is 0 Å². The van der Waals surface area contributed by atoms with E-state index in [1.807, 2.05) is 48.5 Å². The number of aliphatic hydroxyl groups is 1. The highest BCUT2D eigenvalue weighted by Crippen LogP contribution is 1.87. The van der Waals surface area contributed by atoms with Gasteiger partial charge in [-0.3, -0.25) is 4.79 Å². The summed E-state index contributed by atoms with van der Waals surface area (Å²) in [5.41, 5.74) is 0. The average molecular weight is 384 g/mol. The lowest BCUT2D eigenvalue weighted by atomic mass is 10.3. The van der Waals surface area contributed by atoms with E-state index in [1.165, 1.54) is 0 Å². The summed E-state index contributed by atoms with van der Waals surface area (Å²) in [5, 5.41) is 10.8. The van der Waals surface area contributed by atoms with Gasteiger partial charge in [-0.15, -0.1) is 39.5 Å². The van der Waals surface area contributed by atoms with Crippen LogP contribution in [0.3, 0.4) is 0 Å². The van der Waals surface area contributed by atoms with Gasteiger partial charge in [-0.2, -0.15) is 0 Å². The molecule has 0 saturated carbocycles. The molecule has 0 rings (SSSR count). The van der Waals surface area contributed by atoms with Crippen molar-refractivity contribution in [2.45, 2.75) is 61.3 Å². The molecule has 0 atom stereocenters. The van der Waals surface area contributed by atoms with Crippen LogP contribution in [0.1, 0.15) is 61.3 Å². The first kappa shape index (κ1) is 44.4. The van der Waals surface area contributed by atoms with Gasteiger partial charge in [0.25, 0.3) is 0 Å². The molecule has 0 heterocycles. The zero-order chi connectivity index (χ0) is 23.4. The van der Waals surface area contributed by atoms with Gasteiger partial charge in [0.15, 0.2) is 0 Å². The number of aliphatic hydroxyl groups excluding tert-OH is 1. The molecule has 27 heavy (non-hydrogen) atoms. The van der Waals surface area contributed by atoms with Crippen molar-refractivity contribution in [3.8, 4) is 0 Å². The van der Waals surface area contributed by atoms with Crippen molar-refractivity contribution < 1.29 is 9.90 Å². The summed E-state index contributed by atoms with van der Waals surface area (Å²) >= 11 is 0. The number of carbonyl (C=O) groups is 1. The van der Waals surface area contributed by atoms with Gasteiger partial charge in [-0.25, -0.2) is 0 Å². The third kappa shape index (κ3) is 331. The largest absolute Gasteiger partial charge is 0.395 e. The predicted octanol–water partition coefficient (Wildman–Crippen LogP) is 7.05. The first-order valence-corrected chi connectivity index (χ1v) is 9.22. The Balaban J connectivity index is -0.0000000394. The molecule has 0 radical (unpaired) electrons.